The number of nitrogens with zero attached hydrogens (tertiary/aromatic N) is 4. The van der Waals surface area contributed by atoms with Gasteiger partial charge in [-0.25, -0.2) is 0 Å². The summed E-state index contributed by atoms with van der Waals surface area (Å²) < 4.78 is 42.7. The number of amides is 4. The highest BCUT2D eigenvalue weighted by atomic mass is 32.1. The number of ether oxygens (including phenoxy) is 3. The second-order valence-corrected chi connectivity index (χ2v) is 17.7. The molecule has 7 aliphatic rings. The van der Waals surface area contributed by atoms with Crippen molar-refractivity contribution in [3.05, 3.63) is 16.6 Å². The van der Waals surface area contributed by atoms with Crippen molar-refractivity contribution in [2.45, 2.75) is 90.6 Å². The Bertz CT molecular complexity index is 1450. The number of fused-ring (bicyclic) bond motifs is 3. The first-order valence-electron chi connectivity index (χ1n) is 18.5. The number of aromatic nitrogens is 1. The van der Waals surface area contributed by atoms with Gasteiger partial charge in [-0.2, -0.15) is 8.78 Å². The van der Waals surface area contributed by atoms with Crippen LogP contribution in [0.2, 0.25) is 0 Å². The van der Waals surface area contributed by atoms with E-state index in [0.717, 1.165) is 32.1 Å². The van der Waals surface area contributed by atoms with Gasteiger partial charge in [0.2, 0.25) is 17.7 Å². The lowest BCUT2D eigenvalue weighted by atomic mass is 9.70. The van der Waals surface area contributed by atoms with Gasteiger partial charge in [-0.3, -0.25) is 24.2 Å². The van der Waals surface area contributed by atoms with Crippen molar-refractivity contribution < 1.29 is 42.2 Å². The molecular weight excluding hydrogens is 684 g/mol. The summed E-state index contributed by atoms with van der Waals surface area (Å²) >= 11 is 1.24. The van der Waals surface area contributed by atoms with Gasteiger partial charge in [-0.1, -0.05) is 13.8 Å². The highest BCUT2D eigenvalue weighted by Crippen LogP contribution is 2.55. The molecule has 5 saturated heterocycles. The summed E-state index contributed by atoms with van der Waals surface area (Å²) in [6, 6.07) is -1.04. The van der Waals surface area contributed by atoms with Crippen molar-refractivity contribution in [2.75, 3.05) is 59.1 Å². The van der Waals surface area contributed by atoms with E-state index < -0.39 is 30.1 Å². The Morgan fingerprint density at radius 1 is 1.04 bits per heavy atom. The van der Waals surface area contributed by atoms with E-state index >= 15 is 0 Å². The van der Waals surface area contributed by atoms with E-state index in [0.29, 0.717) is 63.2 Å². The van der Waals surface area contributed by atoms with Crippen LogP contribution in [0, 0.1) is 34.0 Å². The van der Waals surface area contributed by atoms with E-state index in [2.05, 4.69) is 28.9 Å². The molecule has 0 unspecified atom stereocenters. The predicted molar refractivity (Wildman–Crippen MR) is 182 cm³/mol. The van der Waals surface area contributed by atoms with Crippen LogP contribution in [0.5, 0.6) is 0 Å². The molecule has 7 fully saturated rings. The first-order chi connectivity index (χ1) is 24.3. The highest BCUT2D eigenvalue weighted by Gasteiger charge is 2.62. The largest absolute Gasteiger partial charge is 0.378 e. The Morgan fingerprint density at radius 2 is 1.76 bits per heavy atom. The van der Waals surface area contributed by atoms with Crippen molar-refractivity contribution in [3.8, 4) is 0 Å². The molecule has 1 spiro atoms. The van der Waals surface area contributed by atoms with Crippen molar-refractivity contribution in [2.24, 2.45) is 34.0 Å². The minimum absolute atomic E-state index is 0.0358. The zero-order valence-electron chi connectivity index (χ0n) is 29.8. The number of halogens is 2. The number of thiazole rings is 1. The average Bonchev–Trinajstić information content (AvgIpc) is 3.46. The number of carbonyl (C=O) groups is 4. The predicted octanol–water partition coefficient (Wildman–Crippen LogP) is 3.42. The second kappa shape index (κ2) is 14.2. The summed E-state index contributed by atoms with van der Waals surface area (Å²) in [5, 5.41) is 3.07. The third-order valence-corrected chi connectivity index (χ3v) is 13.4. The van der Waals surface area contributed by atoms with Gasteiger partial charge in [0.25, 0.3) is 5.91 Å². The van der Waals surface area contributed by atoms with Crippen molar-refractivity contribution in [3.63, 3.8) is 0 Å². The molecule has 6 heterocycles. The number of carbonyl (C=O) groups excluding carboxylic acids is 4. The van der Waals surface area contributed by atoms with E-state index in [4.69, 9.17) is 9.47 Å². The Kier molecular flexibility index (Phi) is 10.2. The molecule has 1 N–H and O–H groups in total. The Balaban J connectivity index is 1.09. The minimum atomic E-state index is -2.88. The van der Waals surface area contributed by atoms with Crippen LogP contribution in [-0.4, -0.2) is 127 Å². The summed E-state index contributed by atoms with van der Waals surface area (Å²) in [5.41, 5.74) is 0.772. The number of alkyl halides is 2. The molecule has 0 radical (unpaired) electrons. The SMILES string of the molecule is C[C@@H](OCC12CCC(CC1)OC2)[C@H](NC(=O)[C@@H]1CN(C(=O)c2cncs2)CC12CN(C(=O)[C@H]1CC1(C)C)C2)C(=O)N1CCC[C@H](COC(F)F)C1. The summed E-state index contributed by atoms with van der Waals surface area (Å²) in [6.45, 7) is 5.75. The maximum absolute atomic E-state index is 14.5. The Labute approximate surface area is 301 Å². The van der Waals surface area contributed by atoms with Crippen LogP contribution in [0.3, 0.4) is 0 Å². The van der Waals surface area contributed by atoms with E-state index in [9.17, 15) is 28.0 Å². The third kappa shape index (κ3) is 7.54. The van der Waals surface area contributed by atoms with Crippen molar-refractivity contribution in [1.29, 1.82) is 0 Å². The molecule has 12 nitrogen and oxygen atoms in total. The standard InChI is InChI=1S/C36H51F2N5O7S/c1-22(49-19-35-8-6-24(7-9-35)50-20-35)28(32(47)41-10-4-5-23(13-41)15-48-33(37)38)40-29(44)26-14-42(31(46)27-12-39-21-51-27)16-36(26)17-43(18-36)30(45)25-11-34(25,2)3/h12,21-26,28,33H,4-11,13-20H2,1-3H3,(H,40,44)/t22-,23+,24?,25-,26+,28+,35?/m1/s1. The number of hydrogen-bond donors (Lipinski definition) is 1. The average molecular weight is 736 g/mol. The molecular formula is C36H51F2N5O7S. The first kappa shape index (κ1) is 36.6. The molecule has 0 aromatic carbocycles. The number of rotatable bonds is 12. The molecule has 4 amide bonds. The lowest BCUT2D eigenvalue weighted by Gasteiger charge is -2.50. The zero-order valence-corrected chi connectivity index (χ0v) is 30.6. The van der Waals surface area contributed by atoms with Crippen LogP contribution in [0.4, 0.5) is 8.78 Å². The van der Waals surface area contributed by atoms with Gasteiger partial charge in [-0.15, -0.1) is 11.3 Å². The fraction of sp³-hybridized carbons (Fsp3) is 0.806. The summed E-state index contributed by atoms with van der Waals surface area (Å²) in [4.78, 5) is 65.3. The molecule has 282 valence electrons. The van der Waals surface area contributed by atoms with Gasteiger partial charge < -0.3 is 34.2 Å². The molecule has 5 aliphatic heterocycles. The van der Waals surface area contributed by atoms with Crippen LogP contribution < -0.4 is 5.32 Å². The molecule has 1 aromatic rings. The molecule has 2 aliphatic carbocycles. The molecule has 15 heteroatoms. The fourth-order valence-electron chi connectivity index (χ4n) is 9.10. The Morgan fingerprint density at radius 3 is 2.39 bits per heavy atom. The molecule has 5 atom stereocenters. The van der Waals surface area contributed by atoms with Crippen LogP contribution >= 0.6 is 11.3 Å². The maximum atomic E-state index is 14.5. The van der Waals surface area contributed by atoms with Crippen molar-refractivity contribution >= 4 is 35.0 Å². The van der Waals surface area contributed by atoms with Crippen LogP contribution in [0.15, 0.2) is 11.7 Å². The van der Waals surface area contributed by atoms with Crippen LogP contribution in [0.1, 0.15) is 75.4 Å². The van der Waals surface area contributed by atoms with E-state index in [1.807, 2.05) is 4.90 Å². The highest BCUT2D eigenvalue weighted by molar-refractivity contribution is 7.11. The number of nitrogens with one attached hydrogen (secondary N) is 1. The van der Waals surface area contributed by atoms with Gasteiger partial charge >= 0.3 is 6.61 Å². The van der Waals surface area contributed by atoms with E-state index in [-0.39, 0.29) is 66.0 Å². The molecule has 8 rings (SSSR count). The smallest absolute Gasteiger partial charge is 0.345 e. The molecule has 51 heavy (non-hydrogen) atoms. The topological polar surface area (TPSA) is 131 Å². The molecule has 2 saturated carbocycles. The second-order valence-electron chi connectivity index (χ2n) is 16.8. The fourth-order valence-corrected chi connectivity index (χ4v) is 9.69. The van der Waals surface area contributed by atoms with Gasteiger partial charge in [-0.05, 0) is 57.3 Å². The zero-order chi connectivity index (χ0) is 36.1. The minimum Gasteiger partial charge on any atom is -0.378 e. The third-order valence-electron chi connectivity index (χ3n) is 12.6. The van der Waals surface area contributed by atoms with Gasteiger partial charge in [0, 0.05) is 61.9 Å². The van der Waals surface area contributed by atoms with Crippen molar-refractivity contribution in [1.82, 2.24) is 25.0 Å². The normalized spacial score (nSPS) is 31.8. The van der Waals surface area contributed by atoms with Gasteiger partial charge in [0.1, 0.15) is 10.9 Å². The summed E-state index contributed by atoms with van der Waals surface area (Å²) in [6.07, 6.45) is 7.16. The van der Waals surface area contributed by atoms with Gasteiger partial charge in [0.05, 0.1) is 49.7 Å². The summed E-state index contributed by atoms with van der Waals surface area (Å²) in [7, 11) is 0. The van der Waals surface area contributed by atoms with E-state index in [1.54, 1.807) is 22.2 Å². The Hall–Kier alpha value is -2.75. The van der Waals surface area contributed by atoms with Gasteiger partial charge in [0.15, 0.2) is 0 Å². The lowest BCUT2D eigenvalue weighted by Crippen LogP contribution is -2.65. The lowest BCUT2D eigenvalue weighted by molar-refractivity contribution is -0.161. The molecule has 2 bridgehead atoms. The summed E-state index contributed by atoms with van der Waals surface area (Å²) in [5.74, 6) is -1.77. The first-order valence-corrected chi connectivity index (χ1v) is 19.3. The monoisotopic (exact) mass is 735 g/mol. The quantitative estimate of drug-likeness (QED) is 0.346. The van der Waals surface area contributed by atoms with Crippen LogP contribution in [0.25, 0.3) is 0 Å². The number of likely N-dealkylation sites (tertiary alicyclic amines) is 3. The van der Waals surface area contributed by atoms with E-state index in [1.165, 1.54) is 17.5 Å². The number of piperidine rings is 1. The van der Waals surface area contributed by atoms with Crippen LogP contribution in [-0.2, 0) is 28.6 Å². The maximum Gasteiger partial charge on any atom is 0.345 e. The molecule has 1 aromatic heterocycles. The number of hydrogen-bond acceptors (Lipinski definition) is 9.